The Morgan fingerprint density at radius 3 is 2.80 bits per heavy atom. The molecule has 0 amide bonds. The molecule has 0 saturated carbocycles. The summed E-state index contributed by atoms with van der Waals surface area (Å²) in [6.45, 7) is 4.27. The van der Waals surface area contributed by atoms with E-state index in [4.69, 9.17) is 0 Å². The van der Waals surface area contributed by atoms with Gasteiger partial charge in [0.2, 0.25) is 0 Å². The number of aromatic nitrogens is 2. The summed E-state index contributed by atoms with van der Waals surface area (Å²) in [5.74, 6) is 0. The molecule has 3 nitrogen and oxygen atoms in total. The van der Waals surface area contributed by atoms with Gasteiger partial charge in [-0.25, -0.2) is 0 Å². The first-order chi connectivity index (χ1) is 7.16. The van der Waals surface area contributed by atoms with Crippen molar-refractivity contribution >= 4 is 17.0 Å². The lowest BCUT2D eigenvalue weighted by atomic mass is 10.2. The molecule has 0 aromatic carbocycles. The lowest BCUT2D eigenvalue weighted by Gasteiger charge is -2.12. The van der Waals surface area contributed by atoms with Crippen LogP contribution in [0.1, 0.15) is 24.1 Å². The molecule has 4 heteroatoms. The number of nitrogens with one attached hydrogen (secondary N) is 1. The second-order valence-electron chi connectivity index (χ2n) is 3.78. The summed E-state index contributed by atoms with van der Waals surface area (Å²) in [7, 11) is 1.94. The molecule has 0 aliphatic rings. The summed E-state index contributed by atoms with van der Waals surface area (Å²) in [4.78, 5) is 0. The van der Waals surface area contributed by atoms with Crippen LogP contribution in [0.25, 0.3) is 0 Å². The number of rotatable bonds is 3. The van der Waals surface area contributed by atoms with Crippen molar-refractivity contribution in [3.8, 4) is 0 Å². The molecule has 0 aliphatic carbocycles. The van der Waals surface area contributed by atoms with Gasteiger partial charge in [0, 0.05) is 29.9 Å². The molecule has 2 rings (SSSR count). The fraction of sp³-hybridized carbons (Fsp3) is 0.364. The number of nitrogens with zero attached hydrogens (tertiary/aromatic N) is 2. The molecule has 15 heavy (non-hydrogen) atoms. The van der Waals surface area contributed by atoms with Crippen molar-refractivity contribution < 1.29 is 0 Å². The van der Waals surface area contributed by atoms with Crippen LogP contribution in [0.15, 0.2) is 23.2 Å². The van der Waals surface area contributed by atoms with E-state index < -0.39 is 0 Å². The molecule has 0 radical (unpaired) electrons. The number of hydrogen-bond donors (Lipinski definition) is 1. The summed E-state index contributed by atoms with van der Waals surface area (Å²) < 4.78 is 1.83. The zero-order valence-electron chi connectivity index (χ0n) is 9.19. The molecule has 1 atom stereocenters. The van der Waals surface area contributed by atoms with E-state index >= 15 is 0 Å². The smallest absolute Gasteiger partial charge is 0.0542 e. The Labute approximate surface area is 93.7 Å². The van der Waals surface area contributed by atoms with Crippen LogP contribution >= 0.6 is 11.3 Å². The third-order valence-electron chi connectivity index (χ3n) is 2.45. The first-order valence-corrected chi connectivity index (χ1v) is 5.89. The van der Waals surface area contributed by atoms with Gasteiger partial charge in [0.15, 0.2) is 0 Å². The van der Waals surface area contributed by atoms with Crippen molar-refractivity contribution in [1.29, 1.82) is 0 Å². The van der Waals surface area contributed by atoms with Crippen molar-refractivity contribution in [2.45, 2.75) is 19.9 Å². The monoisotopic (exact) mass is 221 g/mol. The second kappa shape index (κ2) is 4.06. The first-order valence-electron chi connectivity index (χ1n) is 4.94. The maximum Gasteiger partial charge on any atom is 0.0542 e. The van der Waals surface area contributed by atoms with Crippen LogP contribution in [-0.2, 0) is 7.05 Å². The Kier molecular flexibility index (Phi) is 2.77. The highest BCUT2D eigenvalue weighted by atomic mass is 32.1. The first kappa shape index (κ1) is 10.2. The van der Waals surface area contributed by atoms with Gasteiger partial charge in [-0.15, -0.1) is 11.3 Å². The number of aryl methyl sites for hydroxylation is 2. The van der Waals surface area contributed by atoms with Gasteiger partial charge >= 0.3 is 0 Å². The number of hydrogen-bond acceptors (Lipinski definition) is 3. The number of anilines is 1. The zero-order chi connectivity index (χ0) is 10.8. The predicted molar refractivity (Wildman–Crippen MR) is 64.3 cm³/mol. The van der Waals surface area contributed by atoms with Gasteiger partial charge in [0.25, 0.3) is 0 Å². The summed E-state index contributed by atoms with van der Waals surface area (Å²) in [6.07, 6.45) is 3.94. The molecule has 2 heterocycles. The quantitative estimate of drug-likeness (QED) is 0.863. The average molecular weight is 221 g/mol. The molecule has 0 fully saturated rings. The highest BCUT2D eigenvalue weighted by Gasteiger charge is 2.08. The van der Waals surface area contributed by atoms with E-state index in [1.165, 1.54) is 16.8 Å². The fourth-order valence-electron chi connectivity index (χ4n) is 1.49. The van der Waals surface area contributed by atoms with Crippen molar-refractivity contribution in [2.75, 3.05) is 5.32 Å². The van der Waals surface area contributed by atoms with E-state index in [9.17, 15) is 0 Å². The van der Waals surface area contributed by atoms with Crippen molar-refractivity contribution in [3.05, 3.63) is 34.3 Å². The van der Waals surface area contributed by atoms with E-state index in [1.54, 1.807) is 11.3 Å². The molecule has 2 aromatic rings. The van der Waals surface area contributed by atoms with Crippen LogP contribution in [0.2, 0.25) is 0 Å². The molecule has 0 aliphatic heterocycles. The molecular formula is C11H15N3S. The molecule has 1 unspecified atom stereocenters. The van der Waals surface area contributed by atoms with Gasteiger partial charge in [-0.05, 0) is 24.8 Å². The highest BCUT2D eigenvalue weighted by molar-refractivity contribution is 7.08. The van der Waals surface area contributed by atoms with Crippen LogP contribution in [0.4, 0.5) is 5.69 Å². The molecule has 1 N–H and O–H groups in total. The third kappa shape index (κ3) is 2.21. The molecule has 0 spiro atoms. The summed E-state index contributed by atoms with van der Waals surface area (Å²) >= 11 is 1.73. The third-order valence-corrected chi connectivity index (χ3v) is 3.31. The lowest BCUT2D eigenvalue weighted by molar-refractivity contribution is 0.765. The standard InChI is InChI=1S/C11H15N3S/c1-8-6-15-7-11(8)13-9(2)10-4-12-14(3)5-10/h4-7,9,13H,1-3H3. The minimum absolute atomic E-state index is 0.298. The van der Waals surface area contributed by atoms with Gasteiger partial charge in [-0.3, -0.25) is 4.68 Å². The van der Waals surface area contributed by atoms with Crippen molar-refractivity contribution in [2.24, 2.45) is 7.05 Å². The maximum absolute atomic E-state index is 4.17. The van der Waals surface area contributed by atoms with Crippen molar-refractivity contribution in [3.63, 3.8) is 0 Å². The van der Waals surface area contributed by atoms with E-state index in [0.29, 0.717) is 6.04 Å². The lowest BCUT2D eigenvalue weighted by Crippen LogP contribution is -2.05. The molecular weight excluding hydrogens is 206 g/mol. The van der Waals surface area contributed by atoms with Crippen LogP contribution in [0.5, 0.6) is 0 Å². The molecule has 0 bridgehead atoms. The van der Waals surface area contributed by atoms with Crippen LogP contribution in [0.3, 0.4) is 0 Å². The Hall–Kier alpha value is -1.29. The Morgan fingerprint density at radius 2 is 2.27 bits per heavy atom. The topological polar surface area (TPSA) is 29.9 Å². The maximum atomic E-state index is 4.17. The van der Waals surface area contributed by atoms with Gasteiger partial charge in [-0.1, -0.05) is 0 Å². The van der Waals surface area contributed by atoms with Gasteiger partial charge in [-0.2, -0.15) is 5.10 Å². The Bertz CT molecular complexity index is 444. The van der Waals surface area contributed by atoms with Gasteiger partial charge in [0.1, 0.15) is 0 Å². The van der Waals surface area contributed by atoms with Crippen molar-refractivity contribution in [1.82, 2.24) is 9.78 Å². The number of thiophene rings is 1. The van der Waals surface area contributed by atoms with Gasteiger partial charge in [0.05, 0.1) is 12.2 Å². The van der Waals surface area contributed by atoms with E-state index in [1.807, 2.05) is 24.1 Å². The van der Waals surface area contributed by atoms with E-state index in [-0.39, 0.29) is 0 Å². The molecule has 80 valence electrons. The minimum atomic E-state index is 0.298. The molecule has 2 aromatic heterocycles. The summed E-state index contributed by atoms with van der Waals surface area (Å²) in [5.41, 5.74) is 3.73. The minimum Gasteiger partial charge on any atom is -0.378 e. The summed E-state index contributed by atoms with van der Waals surface area (Å²) in [6, 6.07) is 0.298. The summed E-state index contributed by atoms with van der Waals surface area (Å²) in [5, 5.41) is 11.9. The zero-order valence-corrected chi connectivity index (χ0v) is 10.0. The normalized spacial score (nSPS) is 12.7. The van der Waals surface area contributed by atoms with Crippen LogP contribution in [-0.4, -0.2) is 9.78 Å². The fourth-order valence-corrected chi connectivity index (χ4v) is 2.28. The van der Waals surface area contributed by atoms with E-state index in [0.717, 1.165) is 0 Å². The molecule has 0 saturated heterocycles. The SMILES string of the molecule is Cc1cscc1NC(C)c1cnn(C)c1. The van der Waals surface area contributed by atoms with E-state index in [2.05, 4.69) is 35.0 Å². The largest absolute Gasteiger partial charge is 0.378 e. The highest BCUT2D eigenvalue weighted by Crippen LogP contribution is 2.24. The Balaban J connectivity index is 2.10. The predicted octanol–water partition coefficient (Wildman–Crippen LogP) is 2.96. The van der Waals surface area contributed by atoms with Crippen LogP contribution in [0, 0.1) is 6.92 Å². The Morgan fingerprint density at radius 1 is 1.47 bits per heavy atom. The second-order valence-corrected chi connectivity index (χ2v) is 4.53. The van der Waals surface area contributed by atoms with Gasteiger partial charge < -0.3 is 5.32 Å². The average Bonchev–Trinajstić information content (AvgIpc) is 2.77. The van der Waals surface area contributed by atoms with Crippen LogP contribution < -0.4 is 5.32 Å².